The van der Waals surface area contributed by atoms with Crippen LogP contribution < -0.4 is 5.32 Å². The zero-order valence-electron chi connectivity index (χ0n) is 12.8. The van der Waals surface area contributed by atoms with Crippen LogP contribution >= 0.6 is 0 Å². The van der Waals surface area contributed by atoms with Crippen molar-refractivity contribution in [1.82, 2.24) is 10.2 Å². The van der Waals surface area contributed by atoms with E-state index in [1.165, 1.54) is 11.1 Å². The van der Waals surface area contributed by atoms with E-state index in [2.05, 4.69) is 11.4 Å². The highest BCUT2D eigenvalue weighted by Crippen LogP contribution is 2.19. The number of rotatable bonds is 6. The van der Waals surface area contributed by atoms with Gasteiger partial charge in [-0.2, -0.15) is 5.26 Å². The van der Waals surface area contributed by atoms with Gasteiger partial charge in [-0.15, -0.1) is 0 Å². The van der Waals surface area contributed by atoms with Gasteiger partial charge in [0.25, 0.3) is 5.91 Å². The zero-order chi connectivity index (χ0) is 16.7. The highest BCUT2D eigenvalue weighted by molar-refractivity contribution is 5.97. The number of nitriles is 1. The molecule has 0 spiro atoms. The molecular weight excluding hydrogens is 294 g/mol. The maximum absolute atomic E-state index is 12.0. The van der Waals surface area contributed by atoms with Crippen LogP contribution in [-0.2, 0) is 22.6 Å². The largest absolute Gasteiger partial charge is 0.481 e. The van der Waals surface area contributed by atoms with Gasteiger partial charge < -0.3 is 15.3 Å². The monoisotopic (exact) mass is 313 g/mol. The van der Waals surface area contributed by atoms with Gasteiger partial charge in [0.1, 0.15) is 11.6 Å². The van der Waals surface area contributed by atoms with Crippen molar-refractivity contribution in [1.29, 1.82) is 5.26 Å². The van der Waals surface area contributed by atoms with Crippen molar-refractivity contribution in [3.05, 3.63) is 47.2 Å². The molecule has 120 valence electrons. The Hall–Kier alpha value is -2.81. The molecule has 0 unspecified atom stereocenters. The van der Waals surface area contributed by atoms with Crippen molar-refractivity contribution in [3.8, 4) is 6.07 Å². The Kier molecular flexibility index (Phi) is 5.75. The fourth-order valence-electron chi connectivity index (χ4n) is 2.49. The van der Waals surface area contributed by atoms with E-state index in [0.717, 1.165) is 13.0 Å². The first kappa shape index (κ1) is 16.6. The van der Waals surface area contributed by atoms with Gasteiger partial charge in [0.15, 0.2) is 0 Å². The van der Waals surface area contributed by atoms with Crippen LogP contribution in [0.5, 0.6) is 0 Å². The Morgan fingerprint density at radius 2 is 2.09 bits per heavy atom. The Labute approximate surface area is 135 Å². The molecule has 0 saturated heterocycles. The van der Waals surface area contributed by atoms with Gasteiger partial charge in [-0.1, -0.05) is 24.3 Å². The van der Waals surface area contributed by atoms with Crippen molar-refractivity contribution >= 4 is 11.9 Å². The summed E-state index contributed by atoms with van der Waals surface area (Å²) in [5, 5.41) is 20.3. The lowest BCUT2D eigenvalue weighted by Crippen LogP contribution is -2.30. The quantitative estimate of drug-likeness (QED) is 0.471. The molecule has 6 nitrogen and oxygen atoms in total. The number of benzene rings is 1. The molecule has 0 fully saturated rings. The summed E-state index contributed by atoms with van der Waals surface area (Å²) in [5.74, 6) is -1.36. The van der Waals surface area contributed by atoms with Crippen molar-refractivity contribution in [2.24, 2.45) is 0 Å². The molecule has 0 saturated carbocycles. The molecule has 0 atom stereocenters. The second-order valence-corrected chi connectivity index (χ2v) is 5.40. The number of amides is 1. The normalized spacial score (nSPS) is 13.9. The third-order valence-corrected chi connectivity index (χ3v) is 3.69. The van der Waals surface area contributed by atoms with Crippen molar-refractivity contribution in [3.63, 3.8) is 0 Å². The fourth-order valence-corrected chi connectivity index (χ4v) is 2.49. The van der Waals surface area contributed by atoms with Crippen LogP contribution in [0.15, 0.2) is 36.0 Å². The van der Waals surface area contributed by atoms with Crippen molar-refractivity contribution in [2.75, 3.05) is 13.1 Å². The summed E-state index contributed by atoms with van der Waals surface area (Å²) < 4.78 is 0. The van der Waals surface area contributed by atoms with E-state index in [9.17, 15) is 9.59 Å². The summed E-state index contributed by atoms with van der Waals surface area (Å²) in [7, 11) is 0. The van der Waals surface area contributed by atoms with E-state index in [1.807, 2.05) is 29.2 Å². The predicted octanol–water partition coefficient (Wildman–Crippen LogP) is 1.43. The molecule has 0 aliphatic carbocycles. The fraction of sp³-hybridized carbons (Fsp3) is 0.353. The molecule has 1 amide bonds. The third-order valence-electron chi connectivity index (χ3n) is 3.69. The van der Waals surface area contributed by atoms with Gasteiger partial charge >= 0.3 is 5.97 Å². The maximum atomic E-state index is 12.0. The van der Waals surface area contributed by atoms with Crippen molar-refractivity contribution < 1.29 is 14.7 Å². The number of hydrogen-bond acceptors (Lipinski definition) is 4. The molecule has 0 aromatic heterocycles. The Bertz CT molecular complexity index is 661. The molecule has 1 aliphatic heterocycles. The average molecular weight is 313 g/mol. The molecule has 0 radical (unpaired) electrons. The SMILES string of the molecule is N#C/C(=C/N1CCc2ccccc2C1)C(=O)NCCCC(=O)O. The molecule has 1 aromatic rings. The average Bonchev–Trinajstić information content (AvgIpc) is 2.56. The summed E-state index contributed by atoms with van der Waals surface area (Å²) in [6, 6.07) is 10.0. The second kappa shape index (κ2) is 7.99. The molecule has 2 N–H and O–H groups in total. The first-order valence-corrected chi connectivity index (χ1v) is 7.53. The van der Waals surface area contributed by atoms with Gasteiger partial charge in [0.05, 0.1) is 0 Å². The van der Waals surface area contributed by atoms with Crippen LogP contribution in [0, 0.1) is 11.3 Å². The number of carbonyl (C=O) groups excluding carboxylic acids is 1. The lowest BCUT2D eigenvalue weighted by atomic mass is 10.0. The van der Waals surface area contributed by atoms with Gasteiger partial charge in [0, 0.05) is 32.3 Å². The number of nitrogens with zero attached hydrogens (tertiary/aromatic N) is 2. The lowest BCUT2D eigenvalue weighted by Gasteiger charge is -2.27. The first-order valence-electron chi connectivity index (χ1n) is 7.53. The maximum Gasteiger partial charge on any atom is 0.303 e. The molecule has 6 heteroatoms. The molecule has 1 aromatic carbocycles. The topological polar surface area (TPSA) is 93.4 Å². The Balaban J connectivity index is 1.93. The molecule has 0 bridgehead atoms. The molecular formula is C17H19N3O3. The second-order valence-electron chi connectivity index (χ2n) is 5.40. The number of carbonyl (C=O) groups is 2. The lowest BCUT2D eigenvalue weighted by molar-refractivity contribution is -0.137. The predicted molar refractivity (Wildman–Crippen MR) is 84.1 cm³/mol. The highest BCUT2D eigenvalue weighted by Gasteiger charge is 2.16. The number of aliphatic carboxylic acids is 1. The van der Waals surface area contributed by atoms with Crippen molar-refractivity contribution in [2.45, 2.75) is 25.8 Å². The van der Waals surface area contributed by atoms with Gasteiger partial charge in [-0.05, 0) is 24.0 Å². The molecule has 2 rings (SSSR count). The number of nitrogens with one attached hydrogen (secondary N) is 1. The van der Waals surface area contributed by atoms with Crippen LogP contribution in [0.2, 0.25) is 0 Å². The van der Waals surface area contributed by atoms with Crippen LogP contribution in [-0.4, -0.2) is 35.0 Å². The van der Waals surface area contributed by atoms with Gasteiger partial charge in [-0.3, -0.25) is 9.59 Å². The number of carboxylic acids is 1. The standard InChI is InChI=1S/C17H19N3O3/c18-10-15(17(23)19-8-3-6-16(21)22)12-20-9-7-13-4-1-2-5-14(13)11-20/h1-2,4-5,12H,3,6-9,11H2,(H,19,23)(H,21,22)/b15-12-. The van der Waals surface area contributed by atoms with E-state index in [0.29, 0.717) is 13.0 Å². The van der Waals surface area contributed by atoms with E-state index < -0.39 is 11.9 Å². The van der Waals surface area contributed by atoms with Gasteiger partial charge in [-0.25, -0.2) is 0 Å². The summed E-state index contributed by atoms with van der Waals surface area (Å²) in [6.45, 7) is 1.68. The van der Waals surface area contributed by atoms with E-state index in [4.69, 9.17) is 10.4 Å². The number of hydrogen-bond donors (Lipinski definition) is 2. The minimum absolute atomic E-state index is 0.00517. The summed E-state index contributed by atoms with van der Waals surface area (Å²) in [6.07, 6.45) is 2.81. The first-order chi connectivity index (χ1) is 11.1. The summed E-state index contributed by atoms with van der Waals surface area (Å²) in [4.78, 5) is 24.3. The number of fused-ring (bicyclic) bond motifs is 1. The summed E-state index contributed by atoms with van der Waals surface area (Å²) >= 11 is 0. The van der Waals surface area contributed by atoms with Gasteiger partial charge in [0.2, 0.25) is 0 Å². The molecule has 1 heterocycles. The third kappa shape index (κ3) is 4.85. The molecule has 23 heavy (non-hydrogen) atoms. The Morgan fingerprint density at radius 1 is 1.35 bits per heavy atom. The minimum atomic E-state index is -0.901. The van der Waals surface area contributed by atoms with Crippen LogP contribution in [0.3, 0.4) is 0 Å². The molecule has 1 aliphatic rings. The van der Waals surface area contributed by atoms with E-state index in [-0.39, 0.29) is 18.5 Å². The highest BCUT2D eigenvalue weighted by atomic mass is 16.4. The van der Waals surface area contributed by atoms with E-state index >= 15 is 0 Å². The zero-order valence-corrected chi connectivity index (χ0v) is 12.8. The number of carboxylic acid groups (broad SMARTS) is 1. The van der Waals surface area contributed by atoms with Crippen LogP contribution in [0.1, 0.15) is 24.0 Å². The smallest absolute Gasteiger partial charge is 0.303 e. The van der Waals surface area contributed by atoms with Crippen LogP contribution in [0.25, 0.3) is 0 Å². The van der Waals surface area contributed by atoms with E-state index in [1.54, 1.807) is 6.20 Å². The Morgan fingerprint density at radius 3 is 2.78 bits per heavy atom. The summed E-state index contributed by atoms with van der Waals surface area (Å²) in [5.41, 5.74) is 2.54. The van der Waals surface area contributed by atoms with Crippen LogP contribution in [0.4, 0.5) is 0 Å². The minimum Gasteiger partial charge on any atom is -0.481 e.